The second-order valence-electron chi connectivity index (χ2n) is 4.75. The minimum atomic E-state index is 0.712. The van der Waals surface area contributed by atoms with Crippen LogP contribution >= 0.6 is 0 Å². The molecule has 1 aliphatic rings. The van der Waals surface area contributed by atoms with Crippen molar-refractivity contribution in [3.05, 3.63) is 47.2 Å². The van der Waals surface area contributed by atoms with E-state index in [4.69, 9.17) is 15.0 Å². The predicted octanol–water partition coefficient (Wildman–Crippen LogP) is 3.41. The van der Waals surface area contributed by atoms with Crippen LogP contribution in [-0.2, 0) is 12.8 Å². The molecule has 3 nitrogen and oxygen atoms in total. The number of ether oxygens (including phenoxy) is 1. The fraction of sp³-hybridized carbons (Fsp3) is 0.250. The van der Waals surface area contributed by atoms with Gasteiger partial charge in [0.2, 0.25) is 0 Å². The van der Waals surface area contributed by atoms with Crippen LogP contribution in [0.2, 0.25) is 0 Å². The van der Waals surface area contributed by atoms with Crippen LogP contribution < -0.4 is 4.74 Å². The molecular formula is C16H14N2O. The van der Waals surface area contributed by atoms with Crippen LogP contribution in [0.4, 0.5) is 0 Å². The first kappa shape index (κ1) is 11.7. The number of aryl methyl sites for hydroxylation is 1. The predicted molar refractivity (Wildman–Crippen MR) is 72.7 cm³/mol. The summed E-state index contributed by atoms with van der Waals surface area (Å²) in [7, 11) is 0. The Kier molecular flexibility index (Phi) is 2.92. The van der Waals surface area contributed by atoms with Crippen molar-refractivity contribution in [3.63, 3.8) is 0 Å². The SMILES string of the molecule is Cc1c(-c2ccccc2)nc2c(c1OC#N)CCC2. The van der Waals surface area contributed by atoms with Gasteiger partial charge in [-0.05, 0) is 26.2 Å². The lowest BCUT2D eigenvalue weighted by atomic mass is 10.0. The van der Waals surface area contributed by atoms with Gasteiger partial charge in [-0.1, -0.05) is 30.3 Å². The van der Waals surface area contributed by atoms with Crippen LogP contribution in [0.15, 0.2) is 30.3 Å². The highest BCUT2D eigenvalue weighted by molar-refractivity contribution is 5.68. The van der Waals surface area contributed by atoms with Gasteiger partial charge in [-0.15, -0.1) is 5.26 Å². The minimum Gasteiger partial charge on any atom is -0.387 e. The molecule has 94 valence electrons. The second-order valence-corrected chi connectivity index (χ2v) is 4.75. The van der Waals surface area contributed by atoms with Crippen molar-refractivity contribution in [1.82, 2.24) is 4.98 Å². The van der Waals surface area contributed by atoms with Crippen molar-refractivity contribution in [2.45, 2.75) is 26.2 Å². The van der Waals surface area contributed by atoms with Crippen molar-refractivity contribution in [2.75, 3.05) is 0 Å². The molecule has 0 unspecified atom stereocenters. The fourth-order valence-electron chi connectivity index (χ4n) is 2.71. The Bertz CT molecular complexity index is 657. The number of hydrogen-bond acceptors (Lipinski definition) is 3. The number of aromatic nitrogens is 1. The standard InChI is InChI=1S/C16H14N2O/c1-11-15(12-6-3-2-4-7-12)18-14-9-5-8-13(14)16(11)19-10-17/h2-4,6-7H,5,8-9H2,1H3. The van der Waals surface area contributed by atoms with Crippen LogP contribution in [0.25, 0.3) is 11.3 Å². The third-order valence-electron chi connectivity index (χ3n) is 3.60. The Hall–Kier alpha value is -2.34. The van der Waals surface area contributed by atoms with Crippen molar-refractivity contribution in [2.24, 2.45) is 0 Å². The van der Waals surface area contributed by atoms with Gasteiger partial charge in [0.05, 0.1) is 5.69 Å². The van der Waals surface area contributed by atoms with Crippen LogP contribution in [0.1, 0.15) is 23.2 Å². The van der Waals surface area contributed by atoms with Crippen molar-refractivity contribution >= 4 is 0 Å². The maximum Gasteiger partial charge on any atom is 0.292 e. The molecule has 0 fully saturated rings. The number of fused-ring (bicyclic) bond motifs is 1. The Morgan fingerprint density at radius 2 is 2.00 bits per heavy atom. The summed E-state index contributed by atoms with van der Waals surface area (Å²) >= 11 is 0. The van der Waals surface area contributed by atoms with Gasteiger partial charge in [0.25, 0.3) is 6.26 Å². The topological polar surface area (TPSA) is 45.9 Å². The molecule has 0 N–H and O–H groups in total. The third kappa shape index (κ3) is 1.96. The van der Waals surface area contributed by atoms with Gasteiger partial charge in [-0.3, -0.25) is 4.98 Å². The Balaban J connectivity index is 2.22. The molecule has 0 saturated carbocycles. The number of nitriles is 1. The summed E-state index contributed by atoms with van der Waals surface area (Å²) in [6, 6.07) is 10.0. The van der Waals surface area contributed by atoms with E-state index in [-0.39, 0.29) is 0 Å². The maximum atomic E-state index is 8.84. The lowest BCUT2D eigenvalue weighted by molar-refractivity contribution is 0.496. The molecule has 0 radical (unpaired) electrons. The van der Waals surface area contributed by atoms with E-state index in [1.165, 1.54) is 0 Å². The van der Waals surface area contributed by atoms with E-state index < -0.39 is 0 Å². The van der Waals surface area contributed by atoms with Crippen LogP contribution in [0.3, 0.4) is 0 Å². The third-order valence-corrected chi connectivity index (χ3v) is 3.60. The Labute approximate surface area is 112 Å². The molecule has 1 heterocycles. The summed E-state index contributed by atoms with van der Waals surface area (Å²) in [4.78, 5) is 4.78. The van der Waals surface area contributed by atoms with Crippen molar-refractivity contribution < 1.29 is 4.74 Å². The van der Waals surface area contributed by atoms with E-state index >= 15 is 0 Å². The molecule has 1 aliphatic carbocycles. The minimum absolute atomic E-state index is 0.712. The van der Waals surface area contributed by atoms with Gasteiger partial charge >= 0.3 is 0 Å². The molecule has 3 heteroatoms. The summed E-state index contributed by atoms with van der Waals surface area (Å²) < 4.78 is 5.21. The smallest absolute Gasteiger partial charge is 0.292 e. The molecular weight excluding hydrogens is 236 g/mol. The summed E-state index contributed by atoms with van der Waals surface area (Å²) in [6.45, 7) is 1.97. The fourth-order valence-corrected chi connectivity index (χ4v) is 2.71. The molecule has 0 aliphatic heterocycles. The molecule has 0 atom stereocenters. The first-order valence-electron chi connectivity index (χ1n) is 6.45. The number of pyridine rings is 1. The summed E-state index contributed by atoms with van der Waals surface area (Å²) in [5.74, 6) is 0.712. The molecule has 0 saturated heterocycles. The summed E-state index contributed by atoms with van der Waals surface area (Å²) in [5, 5.41) is 8.84. The summed E-state index contributed by atoms with van der Waals surface area (Å²) in [5.41, 5.74) is 5.13. The molecule has 1 aromatic carbocycles. The van der Waals surface area contributed by atoms with Crippen LogP contribution in [-0.4, -0.2) is 4.98 Å². The lowest BCUT2D eigenvalue weighted by Gasteiger charge is -2.13. The van der Waals surface area contributed by atoms with Gasteiger partial charge in [-0.2, -0.15) is 0 Å². The average Bonchev–Trinajstić information content (AvgIpc) is 2.91. The number of rotatable bonds is 2. The van der Waals surface area contributed by atoms with Gasteiger partial charge < -0.3 is 4.74 Å². The van der Waals surface area contributed by atoms with Gasteiger partial charge in [0.15, 0.2) is 5.75 Å². The summed E-state index contributed by atoms with van der Waals surface area (Å²) in [6.07, 6.45) is 4.81. The molecule has 3 rings (SSSR count). The number of benzene rings is 1. The molecule has 2 aromatic rings. The van der Waals surface area contributed by atoms with E-state index in [0.29, 0.717) is 5.75 Å². The van der Waals surface area contributed by atoms with Gasteiger partial charge in [0.1, 0.15) is 0 Å². The molecule has 0 bridgehead atoms. The number of hydrogen-bond donors (Lipinski definition) is 0. The van der Waals surface area contributed by atoms with Gasteiger partial charge in [-0.25, -0.2) is 0 Å². The van der Waals surface area contributed by atoms with E-state index in [2.05, 4.69) is 0 Å². The van der Waals surface area contributed by atoms with Crippen molar-refractivity contribution in [3.8, 4) is 23.3 Å². The maximum absolute atomic E-state index is 8.84. The molecule has 0 spiro atoms. The first-order chi connectivity index (χ1) is 9.31. The number of nitrogens with zero attached hydrogens (tertiary/aromatic N) is 2. The first-order valence-corrected chi connectivity index (χ1v) is 6.45. The van der Waals surface area contributed by atoms with E-state index in [1.807, 2.05) is 37.3 Å². The van der Waals surface area contributed by atoms with Crippen molar-refractivity contribution in [1.29, 1.82) is 5.26 Å². The molecule has 0 amide bonds. The molecule has 1 aromatic heterocycles. The zero-order valence-electron chi connectivity index (χ0n) is 10.8. The monoisotopic (exact) mass is 250 g/mol. The highest BCUT2D eigenvalue weighted by atomic mass is 16.5. The van der Waals surface area contributed by atoms with Gasteiger partial charge in [0, 0.05) is 22.4 Å². The van der Waals surface area contributed by atoms with E-state index in [9.17, 15) is 0 Å². The zero-order valence-corrected chi connectivity index (χ0v) is 10.8. The van der Waals surface area contributed by atoms with Crippen LogP contribution in [0.5, 0.6) is 5.75 Å². The van der Waals surface area contributed by atoms with E-state index in [0.717, 1.165) is 47.3 Å². The Morgan fingerprint density at radius 3 is 2.74 bits per heavy atom. The lowest BCUT2D eigenvalue weighted by Crippen LogP contribution is -2.00. The largest absolute Gasteiger partial charge is 0.387 e. The highest BCUT2D eigenvalue weighted by Gasteiger charge is 2.23. The second kappa shape index (κ2) is 4.74. The average molecular weight is 250 g/mol. The van der Waals surface area contributed by atoms with E-state index in [1.54, 1.807) is 6.26 Å². The van der Waals surface area contributed by atoms with Crippen LogP contribution in [0, 0.1) is 18.4 Å². The quantitative estimate of drug-likeness (QED) is 0.767. The normalized spacial score (nSPS) is 12.8. The highest BCUT2D eigenvalue weighted by Crippen LogP contribution is 2.37. The molecule has 19 heavy (non-hydrogen) atoms. The Morgan fingerprint density at radius 1 is 1.21 bits per heavy atom. The zero-order chi connectivity index (χ0) is 13.2.